The van der Waals surface area contributed by atoms with E-state index in [1.807, 2.05) is 24.3 Å². The van der Waals surface area contributed by atoms with Gasteiger partial charge in [-0.3, -0.25) is 9.97 Å². The highest BCUT2D eigenvalue weighted by Crippen LogP contribution is 2.38. The van der Waals surface area contributed by atoms with E-state index in [2.05, 4.69) is 131 Å². The average Bonchev–Trinajstić information content (AvgIpc) is 3.27. The zero-order valence-corrected chi connectivity index (χ0v) is 30.2. The average molecular weight is 700 g/mol. The summed E-state index contributed by atoms with van der Waals surface area (Å²) in [4.78, 5) is 23.1. The predicted octanol–water partition coefficient (Wildman–Crippen LogP) is 11.5. The van der Waals surface area contributed by atoms with Crippen LogP contribution < -0.4 is 0 Å². The summed E-state index contributed by atoms with van der Waals surface area (Å²) >= 11 is 0. The van der Waals surface area contributed by atoms with E-state index in [4.69, 9.17) is 15.0 Å². The lowest BCUT2D eigenvalue weighted by Gasteiger charge is -2.25. The first kappa shape index (κ1) is 33.5. The van der Waals surface area contributed by atoms with Crippen LogP contribution in [0, 0.1) is 5.92 Å². The SMILES string of the molecule is C1=CCC(c2cccc(C3=CC(C4=CCCC(C5=CC(c6cccc(-c7nc(-c8ccncc8)nc(-c8ccncc8)n7)c6)CC=C5)=C4)CC=C3)c2)C=C1. The molecule has 262 valence electrons. The number of nitrogens with zero attached hydrogens (tertiary/aromatic N) is 5. The van der Waals surface area contributed by atoms with E-state index in [-0.39, 0.29) is 5.92 Å². The molecule has 5 aromatic rings. The molecule has 4 aliphatic carbocycles. The summed E-state index contributed by atoms with van der Waals surface area (Å²) in [7, 11) is 0. The van der Waals surface area contributed by atoms with Gasteiger partial charge in [0.2, 0.25) is 0 Å². The maximum absolute atomic E-state index is 4.95. The van der Waals surface area contributed by atoms with E-state index in [9.17, 15) is 0 Å². The Kier molecular flexibility index (Phi) is 9.51. The van der Waals surface area contributed by atoms with Crippen molar-refractivity contribution in [1.29, 1.82) is 0 Å². The molecule has 0 radical (unpaired) electrons. The Morgan fingerprint density at radius 3 is 1.81 bits per heavy atom. The Bertz CT molecular complexity index is 2370. The Balaban J connectivity index is 0.975. The van der Waals surface area contributed by atoms with Crippen molar-refractivity contribution >= 4 is 5.57 Å². The maximum atomic E-state index is 4.95. The Morgan fingerprint density at radius 1 is 0.519 bits per heavy atom. The van der Waals surface area contributed by atoms with Crippen molar-refractivity contribution in [2.75, 3.05) is 0 Å². The molecule has 3 atom stereocenters. The highest BCUT2D eigenvalue weighted by molar-refractivity contribution is 5.76. The molecule has 0 bridgehead atoms. The van der Waals surface area contributed by atoms with Gasteiger partial charge in [0.25, 0.3) is 0 Å². The molecule has 0 amide bonds. The fraction of sp³-hybridized carbons (Fsp3) is 0.163. The molecule has 0 saturated carbocycles. The zero-order valence-electron chi connectivity index (χ0n) is 30.2. The lowest BCUT2D eigenvalue weighted by molar-refractivity contribution is 0.765. The second kappa shape index (κ2) is 15.3. The van der Waals surface area contributed by atoms with Gasteiger partial charge in [-0.1, -0.05) is 115 Å². The van der Waals surface area contributed by atoms with E-state index < -0.39 is 0 Å². The summed E-state index contributed by atoms with van der Waals surface area (Å²) in [6.45, 7) is 0. The molecule has 3 unspecified atom stereocenters. The molecule has 54 heavy (non-hydrogen) atoms. The number of hydrogen-bond donors (Lipinski definition) is 0. The minimum Gasteiger partial charge on any atom is -0.265 e. The van der Waals surface area contributed by atoms with Crippen LogP contribution in [0.4, 0.5) is 0 Å². The number of allylic oxidation sites excluding steroid dienone is 16. The highest BCUT2D eigenvalue weighted by atomic mass is 15.0. The summed E-state index contributed by atoms with van der Waals surface area (Å²) in [6.07, 6.45) is 40.3. The second-order valence-corrected chi connectivity index (χ2v) is 14.3. The van der Waals surface area contributed by atoms with E-state index in [1.165, 1.54) is 39.0 Å². The Morgan fingerprint density at radius 2 is 1.11 bits per heavy atom. The van der Waals surface area contributed by atoms with Crippen molar-refractivity contribution in [1.82, 2.24) is 24.9 Å². The summed E-state index contributed by atoms with van der Waals surface area (Å²) < 4.78 is 0. The first-order chi connectivity index (χ1) is 26.7. The molecule has 5 nitrogen and oxygen atoms in total. The van der Waals surface area contributed by atoms with Crippen LogP contribution in [0.2, 0.25) is 0 Å². The largest absolute Gasteiger partial charge is 0.265 e. The topological polar surface area (TPSA) is 64.5 Å². The molecule has 0 fully saturated rings. The van der Waals surface area contributed by atoms with Gasteiger partial charge in [0.05, 0.1) is 0 Å². The van der Waals surface area contributed by atoms with Crippen LogP contribution in [0.15, 0.2) is 187 Å². The molecular formula is C49H41N5. The van der Waals surface area contributed by atoms with Crippen LogP contribution in [0.1, 0.15) is 60.6 Å². The zero-order chi connectivity index (χ0) is 36.1. The van der Waals surface area contributed by atoms with Crippen LogP contribution in [0.3, 0.4) is 0 Å². The third-order valence-corrected chi connectivity index (χ3v) is 10.8. The summed E-state index contributed by atoms with van der Waals surface area (Å²) in [5, 5.41) is 0. The fourth-order valence-corrected chi connectivity index (χ4v) is 7.90. The molecular weight excluding hydrogens is 659 g/mol. The van der Waals surface area contributed by atoms with Gasteiger partial charge in [0.15, 0.2) is 17.5 Å². The lowest BCUT2D eigenvalue weighted by Crippen LogP contribution is -2.08. The number of hydrogen-bond acceptors (Lipinski definition) is 5. The molecule has 0 spiro atoms. The van der Waals surface area contributed by atoms with Crippen LogP contribution in [-0.4, -0.2) is 24.9 Å². The van der Waals surface area contributed by atoms with Crippen LogP contribution in [0.5, 0.6) is 0 Å². The fourth-order valence-electron chi connectivity index (χ4n) is 7.90. The molecule has 0 saturated heterocycles. The van der Waals surface area contributed by atoms with Crippen molar-refractivity contribution in [3.8, 4) is 34.2 Å². The summed E-state index contributed by atoms with van der Waals surface area (Å²) in [6, 6.07) is 25.5. The van der Waals surface area contributed by atoms with Gasteiger partial charge < -0.3 is 0 Å². The molecule has 3 aromatic heterocycles. The minimum absolute atomic E-state index is 0.257. The Labute approximate surface area is 317 Å². The summed E-state index contributed by atoms with van der Waals surface area (Å²) in [5.74, 6) is 2.97. The number of pyridine rings is 2. The van der Waals surface area contributed by atoms with Gasteiger partial charge in [0, 0.05) is 59.2 Å². The van der Waals surface area contributed by atoms with Gasteiger partial charge in [0.1, 0.15) is 0 Å². The second-order valence-electron chi connectivity index (χ2n) is 14.3. The van der Waals surface area contributed by atoms with Crippen molar-refractivity contribution in [3.05, 3.63) is 204 Å². The van der Waals surface area contributed by atoms with E-state index in [0.717, 1.165) is 48.8 Å². The highest BCUT2D eigenvalue weighted by Gasteiger charge is 2.21. The third-order valence-electron chi connectivity index (χ3n) is 10.8. The van der Waals surface area contributed by atoms with Gasteiger partial charge >= 0.3 is 0 Å². The lowest BCUT2D eigenvalue weighted by atomic mass is 9.80. The van der Waals surface area contributed by atoms with Crippen molar-refractivity contribution in [3.63, 3.8) is 0 Å². The van der Waals surface area contributed by atoms with Gasteiger partial charge in [-0.05, 0) is 101 Å². The van der Waals surface area contributed by atoms with E-state index in [0.29, 0.717) is 29.3 Å². The van der Waals surface area contributed by atoms with Gasteiger partial charge in [-0.25, -0.2) is 15.0 Å². The van der Waals surface area contributed by atoms with Crippen molar-refractivity contribution < 1.29 is 0 Å². The summed E-state index contributed by atoms with van der Waals surface area (Å²) in [5.41, 5.74) is 12.2. The number of aromatic nitrogens is 5. The predicted molar refractivity (Wildman–Crippen MR) is 219 cm³/mol. The quantitative estimate of drug-likeness (QED) is 0.161. The van der Waals surface area contributed by atoms with Crippen molar-refractivity contribution in [2.45, 2.75) is 43.9 Å². The number of rotatable bonds is 8. The normalized spacial score (nSPS) is 20.6. The van der Waals surface area contributed by atoms with Crippen LogP contribution in [0.25, 0.3) is 39.7 Å². The molecule has 3 heterocycles. The van der Waals surface area contributed by atoms with Crippen molar-refractivity contribution in [2.24, 2.45) is 5.92 Å². The smallest absolute Gasteiger partial charge is 0.164 e. The Hall–Kier alpha value is -6.33. The van der Waals surface area contributed by atoms with Crippen LogP contribution in [-0.2, 0) is 0 Å². The molecule has 5 heteroatoms. The monoisotopic (exact) mass is 699 g/mol. The minimum atomic E-state index is 0.257. The maximum Gasteiger partial charge on any atom is 0.164 e. The standard InChI is InChI=1S/C49H41N5/c1-2-9-34(10-3-1)37-11-4-12-38(29-37)39-13-5-14-40(30-39)41-15-6-16-42(31-41)43-17-7-18-44(32-43)45-19-8-20-46(33-45)49-53-47(35-21-25-50-26-22-35)52-48(54-49)36-23-27-51-28-24-36/h1-5,7-9,11-13,15,17,19-34,40,44H,6,10,14,16,18H2. The van der Waals surface area contributed by atoms with Crippen LogP contribution >= 0.6 is 0 Å². The first-order valence-electron chi connectivity index (χ1n) is 19.0. The van der Waals surface area contributed by atoms with Gasteiger partial charge in [-0.15, -0.1) is 0 Å². The molecule has 2 aromatic carbocycles. The molecule has 9 rings (SSSR count). The molecule has 0 N–H and O–H groups in total. The van der Waals surface area contributed by atoms with E-state index in [1.54, 1.807) is 24.8 Å². The van der Waals surface area contributed by atoms with E-state index >= 15 is 0 Å². The third kappa shape index (κ3) is 7.31. The molecule has 4 aliphatic rings. The van der Waals surface area contributed by atoms with Gasteiger partial charge in [-0.2, -0.15) is 0 Å². The molecule has 0 aliphatic heterocycles. The number of benzene rings is 2. The first-order valence-corrected chi connectivity index (χ1v) is 19.0.